The number of primary amides is 1. The number of carbonyl (C=O) groups is 1. The number of nitrogens with one attached hydrogen (secondary N) is 1. The Balaban J connectivity index is 2.28. The average molecular weight is 235 g/mol. The minimum Gasteiger partial charge on any atom is -0.369 e. The zero-order chi connectivity index (χ0) is 11.5. The van der Waals surface area contributed by atoms with Crippen LogP contribution in [-0.4, -0.2) is 10.9 Å². The monoisotopic (exact) mass is 234 g/mol. The predicted octanol–water partition coefficient (Wildman–Crippen LogP) is 2.36. The molecular weight excluding hydrogens is 224 g/mol. The van der Waals surface area contributed by atoms with Gasteiger partial charge in [-0.05, 0) is 29.8 Å². The van der Waals surface area contributed by atoms with E-state index < -0.39 is 0 Å². The number of H-pyrrole nitrogens is 1. The van der Waals surface area contributed by atoms with Crippen molar-refractivity contribution >= 4 is 17.5 Å². The molecule has 0 atom stereocenters. The van der Waals surface area contributed by atoms with Crippen LogP contribution < -0.4 is 5.73 Å². The molecule has 4 heteroatoms. The van der Waals surface area contributed by atoms with E-state index >= 15 is 0 Å². The Kier molecular flexibility index (Phi) is 2.97. The maximum absolute atomic E-state index is 10.7. The molecule has 1 amide bonds. The summed E-state index contributed by atoms with van der Waals surface area (Å²) in [6, 6.07) is 11.3. The molecule has 0 saturated carbocycles. The van der Waals surface area contributed by atoms with Crippen molar-refractivity contribution in [1.82, 2.24) is 4.98 Å². The normalized spacial score (nSPS) is 10.3. The molecule has 0 aliphatic rings. The molecule has 0 aliphatic heterocycles. The Hall–Kier alpha value is -1.74. The van der Waals surface area contributed by atoms with Crippen LogP contribution in [0.1, 0.15) is 5.69 Å². The van der Waals surface area contributed by atoms with Gasteiger partial charge in [0.05, 0.1) is 6.42 Å². The fourth-order valence-electron chi connectivity index (χ4n) is 1.56. The lowest BCUT2D eigenvalue weighted by Gasteiger charge is -1.98. The number of hydrogen-bond donors (Lipinski definition) is 2. The summed E-state index contributed by atoms with van der Waals surface area (Å²) in [4.78, 5) is 13.9. The number of hydrogen-bond acceptors (Lipinski definition) is 1. The highest BCUT2D eigenvalue weighted by atomic mass is 35.5. The maximum atomic E-state index is 10.7. The number of amides is 1. The third kappa shape index (κ3) is 2.44. The summed E-state index contributed by atoms with van der Waals surface area (Å²) in [5.41, 5.74) is 7.84. The fraction of sp³-hybridized carbons (Fsp3) is 0.0833. The minimum absolute atomic E-state index is 0.223. The summed E-state index contributed by atoms with van der Waals surface area (Å²) in [6.07, 6.45) is 0.223. The second-order valence-corrected chi connectivity index (χ2v) is 3.99. The Labute approximate surface area is 98.2 Å². The van der Waals surface area contributed by atoms with Crippen LogP contribution in [-0.2, 0) is 11.2 Å². The van der Waals surface area contributed by atoms with Crippen LogP contribution in [0.3, 0.4) is 0 Å². The Bertz CT molecular complexity index is 519. The van der Waals surface area contributed by atoms with Gasteiger partial charge < -0.3 is 10.7 Å². The van der Waals surface area contributed by atoms with E-state index in [1.807, 2.05) is 36.4 Å². The number of aromatic nitrogens is 1. The van der Waals surface area contributed by atoms with Gasteiger partial charge in [0.15, 0.2) is 0 Å². The van der Waals surface area contributed by atoms with E-state index in [2.05, 4.69) is 4.98 Å². The fourth-order valence-corrected chi connectivity index (χ4v) is 1.75. The molecule has 0 unspecified atom stereocenters. The van der Waals surface area contributed by atoms with Gasteiger partial charge in [-0.25, -0.2) is 0 Å². The van der Waals surface area contributed by atoms with Crippen LogP contribution in [0.4, 0.5) is 0 Å². The molecular formula is C12H11ClN2O. The van der Waals surface area contributed by atoms with E-state index in [0.717, 1.165) is 17.0 Å². The molecule has 1 heterocycles. The van der Waals surface area contributed by atoms with E-state index in [1.165, 1.54) is 0 Å². The summed E-state index contributed by atoms with van der Waals surface area (Å²) in [5, 5.41) is 0.684. The number of carbonyl (C=O) groups excluding carboxylic acids is 1. The van der Waals surface area contributed by atoms with Gasteiger partial charge in [-0.15, -0.1) is 0 Å². The van der Waals surface area contributed by atoms with E-state index in [4.69, 9.17) is 17.3 Å². The number of aromatic amines is 1. The van der Waals surface area contributed by atoms with Gasteiger partial charge in [0.2, 0.25) is 5.91 Å². The van der Waals surface area contributed by atoms with Crippen LogP contribution >= 0.6 is 11.6 Å². The molecule has 3 nitrogen and oxygen atoms in total. The van der Waals surface area contributed by atoms with Crippen molar-refractivity contribution in [2.45, 2.75) is 6.42 Å². The Morgan fingerprint density at radius 1 is 1.31 bits per heavy atom. The van der Waals surface area contributed by atoms with Gasteiger partial charge in [0.25, 0.3) is 0 Å². The van der Waals surface area contributed by atoms with Crippen LogP contribution in [0.25, 0.3) is 11.3 Å². The molecule has 0 saturated heterocycles. The topological polar surface area (TPSA) is 58.9 Å². The highest BCUT2D eigenvalue weighted by Crippen LogP contribution is 2.21. The molecule has 82 valence electrons. The standard InChI is InChI=1S/C12H11ClN2O/c13-9-3-1-2-8(6-9)11-5-4-10(15-11)7-12(14)16/h1-6,15H,7H2,(H2,14,16). The Morgan fingerprint density at radius 3 is 2.81 bits per heavy atom. The van der Waals surface area contributed by atoms with Gasteiger partial charge >= 0.3 is 0 Å². The van der Waals surface area contributed by atoms with Gasteiger partial charge in [0, 0.05) is 16.4 Å². The third-order valence-corrected chi connectivity index (χ3v) is 2.48. The lowest BCUT2D eigenvalue weighted by Crippen LogP contribution is -2.13. The highest BCUT2D eigenvalue weighted by Gasteiger charge is 2.04. The van der Waals surface area contributed by atoms with Crippen molar-refractivity contribution in [2.24, 2.45) is 5.73 Å². The molecule has 1 aromatic heterocycles. The first-order chi connectivity index (χ1) is 7.65. The zero-order valence-corrected chi connectivity index (χ0v) is 9.29. The summed E-state index contributed by atoms with van der Waals surface area (Å²) >= 11 is 5.90. The van der Waals surface area contributed by atoms with E-state index in [1.54, 1.807) is 0 Å². The van der Waals surface area contributed by atoms with Crippen molar-refractivity contribution in [3.63, 3.8) is 0 Å². The molecule has 0 spiro atoms. The van der Waals surface area contributed by atoms with Crippen LogP contribution in [0.15, 0.2) is 36.4 Å². The molecule has 3 N–H and O–H groups in total. The van der Waals surface area contributed by atoms with Crippen LogP contribution in [0, 0.1) is 0 Å². The molecule has 2 rings (SSSR count). The van der Waals surface area contributed by atoms with Crippen molar-refractivity contribution in [1.29, 1.82) is 0 Å². The smallest absolute Gasteiger partial charge is 0.223 e. The first kappa shape index (κ1) is 10.8. The summed E-state index contributed by atoms with van der Waals surface area (Å²) < 4.78 is 0. The van der Waals surface area contributed by atoms with Gasteiger partial charge in [-0.3, -0.25) is 4.79 Å². The number of nitrogens with two attached hydrogens (primary N) is 1. The molecule has 16 heavy (non-hydrogen) atoms. The van der Waals surface area contributed by atoms with E-state index in [9.17, 15) is 4.79 Å². The molecule has 1 aromatic carbocycles. The van der Waals surface area contributed by atoms with Crippen LogP contribution in [0.2, 0.25) is 5.02 Å². The molecule has 2 aromatic rings. The molecule has 0 fully saturated rings. The quantitative estimate of drug-likeness (QED) is 0.842. The van der Waals surface area contributed by atoms with Gasteiger partial charge in [0.1, 0.15) is 0 Å². The predicted molar refractivity (Wildman–Crippen MR) is 64.1 cm³/mol. The van der Waals surface area contributed by atoms with Crippen molar-refractivity contribution in [2.75, 3.05) is 0 Å². The first-order valence-corrected chi connectivity index (χ1v) is 5.25. The van der Waals surface area contributed by atoms with E-state index in [0.29, 0.717) is 5.02 Å². The lowest BCUT2D eigenvalue weighted by molar-refractivity contribution is -0.117. The summed E-state index contributed by atoms with van der Waals surface area (Å²) in [7, 11) is 0. The number of benzene rings is 1. The maximum Gasteiger partial charge on any atom is 0.223 e. The Morgan fingerprint density at radius 2 is 2.12 bits per heavy atom. The summed E-state index contributed by atoms with van der Waals surface area (Å²) in [5.74, 6) is -0.348. The lowest BCUT2D eigenvalue weighted by atomic mass is 10.2. The van der Waals surface area contributed by atoms with Gasteiger partial charge in [-0.1, -0.05) is 23.7 Å². The third-order valence-electron chi connectivity index (χ3n) is 2.25. The SMILES string of the molecule is NC(=O)Cc1ccc(-c2cccc(Cl)c2)[nH]1. The van der Waals surface area contributed by atoms with Crippen molar-refractivity contribution in [3.05, 3.63) is 47.1 Å². The minimum atomic E-state index is -0.348. The second-order valence-electron chi connectivity index (χ2n) is 3.55. The molecule has 0 aliphatic carbocycles. The molecule has 0 bridgehead atoms. The zero-order valence-electron chi connectivity index (χ0n) is 8.53. The van der Waals surface area contributed by atoms with Gasteiger partial charge in [-0.2, -0.15) is 0 Å². The van der Waals surface area contributed by atoms with Crippen LogP contribution in [0.5, 0.6) is 0 Å². The van der Waals surface area contributed by atoms with Crippen molar-refractivity contribution in [3.8, 4) is 11.3 Å². The van der Waals surface area contributed by atoms with Crippen molar-refractivity contribution < 1.29 is 4.79 Å². The number of halogens is 1. The summed E-state index contributed by atoms with van der Waals surface area (Å²) in [6.45, 7) is 0. The average Bonchev–Trinajstić information content (AvgIpc) is 2.65. The molecule has 0 radical (unpaired) electrons. The number of rotatable bonds is 3. The van der Waals surface area contributed by atoms with E-state index in [-0.39, 0.29) is 12.3 Å². The highest BCUT2D eigenvalue weighted by molar-refractivity contribution is 6.30. The first-order valence-electron chi connectivity index (χ1n) is 4.87. The second kappa shape index (κ2) is 4.41. The largest absolute Gasteiger partial charge is 0.369 e.